The maximum absolute atomic E-state index is 9.54. The van der Waals surface area contributed by atoms with E-state index in [9.17, 15) is 5.11 Å². The number of thiazole rings is 1. The summed E-state index contributed by atoms with van der Waals surface area (Å²) in [6.07, 6.45) is -0.524. The van der Waals surface area contributed by atoms with Gasteiger partial charge in [-0.25, -0.2) is 4.98 Å². The second-order valence-electron chi connectivity index (χ2n) is 4.26. The Kier molecular flexibility index (Phi) is 4.39. The molecule has 102 valence electrons. The molecule has 1 aromatic carbocycles. The topological polar surface area (TPSA) is 51.6 Å². The molecule has 0 bridgehead atoms. The minimum Gasteiger partial charge on any atom is -0.493 e. The predicted octanol–water partition coefficient (Wildman–Crippen LogP) is 3.09. The Morgan fingerprint density at radius 1 is 1.37 bits per heavy atom. The number of aliphatic hydroxyl groups excluding tert-OH is 1. The van der Waals surface area contributed by atoms with Crippen LogP contribution in [0.1, 0.15) is 29.3 Å². The fourth-order valence-corrected chi connectivity index (χ4v) is 2.35. The number of hydrogen-bond donors (Lipinski definition) is 1. The van der Waals surface area contributed by atoms with E-state index in [-0.39, 0.29) is 0 Å². The predicted molar refractivity (Wildman–Crippen MR) is 74.8 cm³/mol. The number of hydrogen-bond acceptors (Lipinski definition) is 5. The van der Waals surface area contributed by atoms with Crippen molar-refractivity contribution in [3.63, 3.8) is 0 Å². The summed E-state index contributed by atoms with van der Waals surface area (Å²) in [6.45, 7) is 4.09. The number of nitrogens with zero attached hydrogens (tertiary/aromatic N) is 1. The molecule has 1 heterocycles. The number of methoxy groups -OCH3 is 1. The van der Waals surface area contributed by atoms with Gasteiger partial charge in [0.25, 0.3) is 0 Å². The molecule has 1 aromatic heterocycles. The molecule has 0 fully saturated rings. The van der Waals surface area contributed by atoms with Gasteiger partial charge >= 0.3 is 0 Å². The lowest BCUT2D eigenvalue weighted by atomic mass is 10.1. The monoisotopic (exact) mass is 279 g/mol. The summed E-state index contributed by atoms with van der Waals surface area (Å²) in [6, 6.07) is 5.42. The lowest BCUT2D eigenvalue weighted by molar-refractivity contribution is 0.198. The molecule has 0 unspecified atom stereocenters. The molecule has 5 heteroatoms. The van der Waals surface area contributed by atoms with Gasteiger partial charge in [-0.15, -0.1) is 11.3 Å². The zero-order valence-corrected chi connectivity index (χ0v) is 12.0. The number of aliphatic hydroxyl groups is 1. The van der Waals surface area contributed by atoms with E-state index in [0.717, 1.165) is 16.3 Å². The minimum absolute atomic E-state index is 0.420. The molecule has 4 nitrogen and oxygen atoms in total. The SMILES string of the molecule is COc1cc([C@@H](C)O)ccc1OCc1nc(C)cs1. The molecule has 0 saturated heterocycles. The molecule has 2 aromatic rings. The fourth-order valence-electron chi connectivity index (χ4n) is 1.67. The molecule has 0 spiro atoms. The summed E-state index contributed by atoms with van der Waals surface area (Å²) in [7, 11) is 1.58. The van der Waals surface area contributed by atoms with Crippen LogP contribution in [0.2, 0.25) is 0 Å². The van der Waals surface area contributed by atoms with E-state index < -0.39 is 6.10 Å². The van der Waals surface area contributed by atoms with Crippen LogP contribution in [0, 0.1) is 6.92 Å². The Balaban J connectivity index is 2.11. The van der Waals surface area contributed by atoms with Gasteiger partial charge in [0.15, 0.2) is 11.5 Å². The Bertz CT molecular complexity index is 551. The highest BCUT2D eigenvalue weighted by molar-refractivity contribution is 7.09. The Hall–Kier alpha value is -1.59. The van der Waals surface area contributed by atoms with Gasteiger partial charge in [-0.2, -0.15) is 0 Å². The number of aryl methyl sites for hydroxylation is 1. The van der Waals surface area contributed by atoms with Crippen molar-refractivity contribution in [2.75, 3.05) is 7.11 Å². The number of benzene rings is 1. The third-order valence-electron chi connectivity index (χ3n) is 2.69. The smallest absolute Gasteiger partial charge is 0.161 e. The first kappa shape index (κ1) is 13.8. The lowest BCUT2D eigenvalue weighted by Gasteiger charge is -2.12. The van der Waals surface area contributed by atoms with Crippen molar-refractivity contribution in [2.24, 2.45) is 0 Å². The second-order valence-corrected chi connectivity index (χ2v) is 5.20. The van der Waals surface area contributed by atoms with E-state index in [1.165, 1.54) is 0 Å². The van der Waals surface area contributed by atoms with Gasteiger partial charge in [0.05, 0.1) is 13.2 Å². The molecule has 0 aliphatic rings. The molecule has 19 heavy (non-hydrogen) atoms. The van der Waals surface area contributed by atoms with E-state index in [1.807, 2.05) is 18.4 Å². The van der Waals surface area contributed by atoms with Crippen LogP contribution >= 0.6 is 11.3 Å². The first-order valence-electron chi connectivity index (χ1n) is 6.00. The zero-order chi connectivity index (χ0) is 13.8. The van der Waals surface area contributed by atoms with Crippen molar-refractivity contribution >= 4 is 11.3 Å². The van der Waals surface area contributed by atoms with Crippen LogP contribution in [0.3, 0.4) is 0 Å². The molecule has 0 aliphatic heterocycles. The summed E-state index contributed by atoms with van der Waals surface area (Å²) >= 11 is 1.57. The van der Waals surface area contributed by atoms with Crippen LogP contribution < -0.4 is 9.47 Å². The van der Waals surface area contributed by atoms with Crippen molar-refractivity contribution in [1.82, 2.24) is 4.98 Å². The molecule has 2 rings (SSSR count). The summed E-state index contributed by atoms with van der Waals surface area (Å²) in [4.78, 5) is 4.34. The third kappa shape index (κ3) is 3.45. The average Bonchev–Trinajstić information content (AvgIpc) is 2.81. The van der Waals surface area contributed by atoms with Crippen LogP contribution in [-0.4, -0.2) is 17.2 Å². The van der Waals surface area contributed by atoms with E-state index in [4.69, 9.17) is 9.47 Å². The number of rotatable bonds is 5. The molecule has 1 atom stereocenters. The van der Waals surface area contributed by atoms with E-state index in [0.29, 0.717) is 18.1 Å². The highest BCUT2D eigenvalue weighted by atomic mass is 32.1. The van der Waals surface area contributed by atoms with Crippen LogP contribution in [0.4, 0.5) is 0 Å². The highest BCUT2D eigenvalue weighted by Gasteiger charge is 2.09. The van der Waals surface area contributed by atoms with Crippen molar-refractivity contribution < 1.29 is 14.6 Å². The summed E-state index contributed by atoms with van der Waals surface area (Å²) in [5, 5.41) is 12.5. The molecule has 0 aliphatic carbocycles. The van der Waals surface area contributed by atoms with E-state index >= 15 is 0 Å². The Labute approximate surface area is 116 Å². The Morgan fingerprint density at radius 3 is 2.74 bits per heavy atom. The molecule has 1 N–H and O–H groups in total. The van der Waals surface area contributed by atoms with E-state index in [2.05, 4.69) is 4.98 Å². The maximum Gasteiger partial charge on any atom is 0.161 e. The molecule has 0 amide bonds. The normalized spacial score (nSPS) is 12.2. The average molecular weight is 279 g/mol. The van der Waals surface area contributed by atoms with Gasteiger partial charge in [0, 0.05) is 11.1 Å². The zero-order valence-electron chi connectivity index (χ0n) is 11.2. The second kappa shape index (κ2) is 6.04. The number of ether oxygens (including phenoxy) is 2. The van der Waals surface area contributed by atoms with E-state index in [1.54, 1.807) is 37.5 Å². The van der Waals surface area contributed by atoms with Crippen LogP contribution in [-0.2, 0) is 6.61 Å². The van der Waals surface area contributed by atoms with Gasteiger partial charge < -0.3 is 14.6 Å². The largest absolute Gasteiger partial charge is 0.493 e. The van der Waals surface area contributed by atoms with Crippen LogP contribution in [0.5, 0.6) is 11.5 Å². The molecule has 0 radical (unpaired) electrons. The van der Waals surface area contributed by atoms with Gasteiger partial charge in [0.2, 0.25) is 0 Å². The van der Waals surface area contributed by atoms with Crippen molar-refractivity contribution in [3.8, 4) is 11.5 Å². The fraction of sp³-hybridized carbons (Fsp3) is 0.357. The highest BCUT2D eigenvalue weighted by Crippen LogP contribution is 2.31. The van der Waals surface area contributed by atoms with Gasteiger partial charge in [-0.1, -0.05) is 6.07 Å². The minimum atomic E-state index is -0.524. The summed E-state index contributed by atoms with van der Waals surface area (Å²) in [5.41, 5.74) is 1.80. The van der Waals surface area contributed by atoms with Gasteiger partial charge in [-0.3, -0.25) is 0 Å². The van der Waals surface area contributed by atoms with Crippen molar-refractivity contribution in [1.29, 1.82) is 0 Å². The van der Waals surface area contributed by atoms with Crippen molar-refractivity contribution in [3.05, 3.63) is 39.8 Å². The standard InChI is InChI=1S/C14H17NO3S/c1-9-8-19-14(15-9)7-18-12-5-4-11(10(2)16)6-13(12)17-3/h4-6,8,10,16H,7H2,1-3H3/t10-/m1/s1. The first-order valence-corrected chi connectivity index (χ1v) is 6.88. The Morgan fingerprint density at radius 2 is 2.16 bits per heavy atom. The summed E-state index contributed by atoms with van der Waals surface area (Å²) < 4.78 is 11.0. The van der Waals surface area contributed by atoms with Crippen molar-refractivity contribution in [2.45, 2.75) is 26.6 Å². The molecular formula is C14H17NO3S. The third-order valence-corrected chi connectivity index (χ3v) is 3.63. The van der Waals surface area contributed by atoms with Crippen LogP contribution in [0.15, 0.2) is 23.6 Å². The molecular weight excluding hydrogens is 262 g/mol. The lowest BCUT2D eigenvalue weighted by Crippen LogP contribution is -1.99. The molecule has 0 saturated carbocycles. The maximum atomic E-state index is 9.54. The summed E-state index contributed by atoms with van der Waals surface area (Å²) in [5.74, 6) is 1.27. The quantitative estimate of drug-likeness (QED) is 0.913. The van der Waals surface area contributed by atoms with Gasteiger partial charge in [0.1, 0.15) is 11.6 Å². The van der Waals surface area contributed by atoms with Crippen LogP contribution in [0.25, 0.3) is 0 Å². The number of aromatic nitrogens is 1. The first-order chi connectivity index (χ1) is 9.10. The van der Waals surface area contributed by atoms with Gasteiger partial charge in [-0.05, 0) is 31.5 Å².